The van der Waals surface area contributed by atoms with Crippen LogP contribution in [0.4, 0.5) is 16.2 Å². The minimum absolute atomic E-state index is 0.0300. The third-order valence-corrected chi connectivity index (χ3v) is 3.93. The highest BCUT2D eigenvalue weighted by Crippen LogP contribution is 2.26. The number of hydrogen-bond donors (Lipinski definition) is 1. The molecule has 0 aliphatic carbocycles. The number of nitrogens with zero attached hydrogens (tertiary/aromatic N) is 3. The Balaban J connectivity index is 1.75. The van der Waals surface area contributed by atoms with Gasteiger partial charge in [-0.2, -0.15) is 0 Å². The first-order chi connectivity index (χ1) is 10.1. The van der Waals surface area contributed by atoms with Gasteiger partial charge in [-0.1, -0.05) is 12.1 Å². The van der Waals surface area contributed by atoms with E-state index in [0.29, 0.717) is 25.3 Å². The summed E-state index contributed by atoms with van der Waals surface area (Å²) in [4.78, 5) is 20.3. The van der Waals surface area contributed by atoms with Gasteiger partial charge in [0.2, 0.25) is 0 Å². The monoisotopic (exact) mass is 346 g/mol. The Labute approximate surface area is 131 Å². The number of anilines is 2. The number of nitrogens with two attached hydrogens (primary N) is 1. The molecule has 0 bridgehead atoms. The topological polar surface area (TPSA) is 62.5 Å². The molecule has 108 valence electrons. The fourth-order valence-electron chi connectivity index (χ4n) is 2.38. The molecule has 0 saturated carbocycles. The van der Waals surface area contributed by atoms with Crippen molar-refractivity contribution < 1.29 is 4.79 Å². The fourth-order valence-corrected chi connectivity index (χ4v) is 2.62. The zero-order valence-corrected chi connectivity index (χ0v) is 13.0. The maximum atomic E-state index is 12.5. The predicted molar refractivity (Wildman–Crippen MR) is 85.9 cm³/mol. The largest absolute Gasteiger partial charge is 0.397 e. The van der Waals surface area contributed by atoms with Crippen molar-refractivity contribution in [1.29, 1.82) is 0 Å². The third-order valence-electron chi connectivity index (χ3n) is 3.46. The molecule has 6 heteroatoms. The second-order valence-corrected chi connectivity index (χ2v) is 5.80. The number of nitrogen functional groups attached to an aromatic ring is 1. The second kappa shape index (κ2) is 5.73. The Kier molecular flexibility index (Phi) is 3.79. The van der Waals surface area contributed by atoms with Gasteiger partial charge < -0.3 is 10.6 Å². The van der Waals surface area contributed by atoms with E-state index in [4.69, 9.17) is 5.73 Å². The van der Waals surface area contributed by atoms with Gasteiger partial charge >= 0.3 is 6.03 Å². The average Bonchev–Trinajstić information content (AvgIpc) is 2.83. The summed E-state index contributed by atoms with van der Waals surface area (Å²) in [5.41, 5.74) is 8.21. The summed E-state index contributed by atoms with van der Waals surface area (Å²) in [6.45, 7) is 1.82. The minimum atomic E-state index is -0.0300. The van der Waals surface area contributed by atoms with Crippen molar-refractivity contribution in [3.05, 3.63) is 52.8 Å². The van der Waals surface area contributed by atoms with Crippen molar-refractivity contribution in [2.75, 3.05) is 23.7 Å². The molecule has 2 amide bonds. The van der Waals surface area contributed by atoms with Crippen LogP contribution in [-0.4, -0.2) is 29.0 Å². The van der Waals surface area contributed by atoms with Crippen molar-refractivity contribution in [2.24, 2.45) is 0 Å². The number of amides is 2. The normalized spacial score (nSPS) is 14.8. The molecule has 0 radical (unpaired) electrons. The van der Waals surface area contributed by atoms with Gasteiger partial charge in [0.05, 0.1) is 23.6 Å². The summed E-state index contributed by atoms with van der Waals surface area (Å²) in [6, 6.07) is 11.2. The Morgan fingerprint density at radius 3 is 2.71 bits per heavy atom. The molecule has 2 aromatic rings. The molecule has 1 aliphatic rings. The number of halogens is 1. The molecule has 2 N–H and O–H groups in total. The predicted octanol–water partition coefficient (Wildman–Crippen LogP) is 2.87. The van der Waals surface area contributed by atoms with E-state index in [1.165, 1.54) is 0 Å². The molecule has 0 spiro atoms. The summed E-state index contributed by atoms with van der Waals surface area (Å²) < 4.78 is 0.928. The van der Waals surface area contributed by atoms with Crippen LogP contribution in [-0.2, 0) is 6.54 Å². The molecule has 0 unspecified atom stereocenters. The average molecular weight is 347 g/mol. The lowest BCUT2D eigenvalue weighted by Gasteiger charge is -2.19. The lowest BCUT2D eigenvalue weighted by molar-refractivity contribution is 0.218. The number of aromatic nitrogens is 1. The zero-order valence-electron chi connectivity index (χ0n) is 11.4. The fraction of sp³-hybridized carbons (Fsp3) is 0.200. The Bertz CT molecular complexity index is 659. The van der Waals surface area contributed by atoms with Crippen molar-refractivity contribution in [1.82, 2.24) is 9.88 Å². The van der Waals surface area contributed by atoms with Crippen LogP contribution in [0.2, 0.25) is 0 Å². The molecule has 1 aromatic carbocycles. The maximum absolute atomic E-state index is 12.5. The van der Waals surface area contributed by atoms with Crippen molar-refractivity contribution in [3.8, 4) is 0 Å². The molecule has 1 aromatic heterocycles. The summed E-state index contributed by atoms with van der Waals surface area (Å²) in [5.74, 6) is 0. The van der Waals surface area contributed by atoms with Crippen LogP contribution in [0.3, 0.4) is 0 Å². The molecule has 1 saturated heterocycles. The van der Waals surface area contributed by atoms with E-state index >= 15 is 0 Å². The van der Waals surface area contributed by atoms with Crippen LogP contribution in [0.5, 0.6) is 0 Å². The molecule has 1 fully saturated rings. The molecular formula is C15H15BrN4O. The Morgan fingerprint density at radius 1 is 1.19 bits per heavy atom. The molecule has 21 heavy (non-hydrogen) atoms. The molecule has 0 atom stereocenters. The molecule has 5 nitrogen and oxygen atoms in total. The number of para-hydroxylation sites is 2. The first-order valence-corrected chi connectivity index (χ1v) is 7.46. The van der Waals surface area contributed by atoms with Crippen LogP contribution >= 0.6 is 15.9 Å². The Hall–Kier alpha value is -2.08. The zero-order chi connectivity index (χ0) is 14.8. The number of pyridine rings is 1. The van der Waals surface area contributed by atoms with E-state index in [1.807, 2.05) is 36.4 Å². The number of benzene rings is 1. The summed E-state index contributed by atoms with van der Waals surface area (Å²) in [6.07, 6.45) is 1.74. The summed E-state index contributed by atoms with van der Waals surface area (Å²) in [5, 5.41) is 0. The summed E-state index contributed by atoms with van der Waals surface area (Å²) >= 11 is 3.35. The lowest BCUT2D eigenvalue weighted by atomic mass is 10.2. The highest BCUT2D eigenvalue weighted by molar-refractivity contribution is 9.10. The second-order valence-electron chi connectivity index (χ2n) is 4.88. The van der Waals surface area contributed by atoms with Gasteiger partial charge in [0.15, 0.2) is 0 Å². The van der Waals surface area contributed by atoms with Crippen molar-refractivity contribution in [3.63, 3.8) is 0 Å². The van der Waals surface area contributed by atoms with E-state index in [1.54, 1.807) is 16.0 Å². The quantitative estimate of drug-likeness (QED) is 0.869. The SMILES string of the molecule is Nc1ccccc1N1CCN(Cc2ccc(Br)cn2)C1=O. The number of carbonyl (C=O) groups excluding carboxylic acids is 1. The van der Waals surface area contributed by atoms with E-state index < -0.39 is 0 Å². The van der Waals surface area contributed by atoms with Gasteiger partial charge in [-0.25, -0.2) is 4.79 Å². The van der Waals surface area contributed by atoms with Gasteiger partial charge in [0.1, 0.15) is 0 Å². The molecule has 2 heterocycles. The minimum Gasteiger partial charge on any atom is -0.397 e. The van der Waals surface area contributed by atoms with Gasteiger partial charge in [0, 0.05) is 23.8 Å². The number of urea groups is 1. The number of rotatable bonds is 3. The lowest BCUT2D eigenvalue weighted by Crippen LogP contribution is -2.32. The van der Waals surface area contributed by atoms with Gasteiger partial charge in [0.25, 0.3) is 0 Å². The van der Waals surface area contributed by atoms with E-state index in [-0.39, 0.29) is 6.03 Å². The maximum Gasteiger partial charge on any atom is 0.325 e. The van der Waals surface area contributed by atoms with E-state index in [9.17, 15) is 4.79 Å². The standard InChI is InChI=1S/C15H15BrN4O/c16-11-5-6-12(18-9-11)10-19-7-8-20(15(19)21)14-4-2-1-3-13(14)17/h1-6,9H,7-8,10,17H2. The smallest absolute Gasteiger partial charge is 0.325 e. The van der Waals surface area contributed by atoms with Crippen molar-refractivity contribution in [2.45, 2.75) is 6.54 Å². The van der Waals surface area contributed by atoms with Crippen LogP contribution in [0.15, 0.2) is 47.1 Å². The summed E-state index contributed by atoms with van der Waals surface area (Å²) in [7, 11) is 0. The van der Waals surface area contributed by atoms with Gasteiger partial charge in [-0.15, -0.1) is 0 Å². The highest BCUT2D eigenvalue weighted by Gasteiger charge is 2.30. The Morgan fingerprint density at radius 2 is 2.00 bits per heavy atom. The number of carbonyl (C=O) groups is 1. The van der Waals surface area contributed by atoms with Crippen LogP contribution in [0.1, 0.15) is 5.69 Å². The third kappa shape index (κ3) is 2.85. The van der Waals surface area contributed by atoms with Crippen LogP contribution in [0, 0.1) is 0 Å². The number of hydrogen-bond acceptors (Lipinski definition) is 3. The first kappa shape index (κ1) is 13.9. The highest BCUT2D eigenvalue weighted by atomic mass is 79.9. The molecular weight excluding hydrogens is 332 g/mol. The van der Waals surface area contributed by atoms with E-state index in [0.717, 1.165) is 15.9 Å². The molecule has 1 aliphatic heterocycles. The molecule has 3 rings (SSSR count). The van der Waals surface area contributed by atoms with Gasteiger partial charge in [-0.05, 0) is 40.2 Å². The van der Waals surface area contributed by atoms with Crippen LogP contribution < -0.4 is 10.6 Å². The first-order valence-electron chi connectivity index (χ1n) is 6.66. The van der Waals surface area contributed by atoms with Crippen molar-refractivity contribution >= 4 is 33.3 Å². The van der Waals surface area contributed by atoms with E-state index in [2.05, 4.69) is 20.9 Å². The van der Waals surface area contributed by atoms with Crippen LogP contribution in [0.25, 0.3) is 0 Å². The van der Waals surface area contributed by atoms with Gasteiger partial charge in [-0.3, -0.25) is 9.88 Å².